The van der Waals surface area contributed by atoms with Crippen molar-refractivity contribution >= 4 is 35.7 Å². The molecule has 1 heterocycles. The smallest absolute Gasteiger partial charge is 0.287 e. The summed E-state index contributed by atoms with van der Waals surface area (Å²) in [7, 11) is 0. The van der Waals surface area contributed by atoms with Gasteiger partial charge in [-0.2, -0.15) is 17.7 Å². The number of aromatic nitrogens is 1. The predicted molar refractivity (Wildman–Crippen MR) is 111 cm³/mol. The fraction of sp³-hybridized carbons (Fsp3) is 0.0909. The van der Waals surface area contributed by atoms with E-state index in [0.717, 1.165) is 24.1 Å². The third kappa shape index (κ3) is 7.28. The number of hydrogen-bond donors (Lipinski definition) is 0. The minimum Gasteiger partial charge on any atom is -0.287 e. The molecule has 134 valence electrons. The van der Waals surface area contributed by atoms with Crippen LogP contribution in [0.4, 0.5) is 0 Å². The van der Waals surface area contributed by atoms with E-state index in [2.05, 4.69) is 60.5 Å². The van der Waals surface area contributed by atoms with Crippen molar-refractivity contribution in [2.75, 3.05) is 0 Å². The summed E-state index contributed by atoms with van der Waals surface area (Å²) in [6.07, 6.45) is 9.53. The quantitative estimate of drug-likeness (QED) is 0.450. The topological polar surface area (TPSA) is 12.9 Å². The molecular weight excluding hydrogens is 401 g/mol. The van der Waals surface area contributed by atoms with Crippen LogP contribution >= 0.6 is 24.8 Å². The summed E-state index contributed by atoms with van der Waals surface area (Å²) >= 11 is 0. The molecule has 0 unspecified atom stereocenters. The van der Waals surface area contributed by atoms with Gasteiger partial charge in [0.2, 0.25) is 0 Å². The monoisotopic (exact) mass is 421 g/mol. The van der Waals surface area contributed by atoms with Crippen LogP contribution in [0.2, 0.25) is 0 Å². The van der Waals surface area contributed by atoms with Crippen molar-refractivity contribution in [2.45, 2.75) is 12.8 Å². The Balaban J connectivity index is 0.000000432. The molecule has 0 spiro atoms. The van der Waals surface area contributed by atoms with E-state index < -0.39 is 0 Å². The van der Waals surface area contributed by atoms with Crippen LogP contribution < -0.4 is 0 Å². The fourth-order valence-corrected chi connectivity index (χ4v) is 2.50. The molecule has 4 heteroatoms. The fourth-order valence-electron chi connectivity index (χ4n) is 2.50. The van der Waals surface area contributed by atoms with Gasteiger partial charge in [-0.3, -0.25) is 11.1 Å². The Bertz CT molecular complexity index is 845. The van der Waals surface area contributed by atoms with Crippen molar-refractivity contribution in [3.05, 3.63) is 109 Å². The number of rotatable bonds is 2. The molecule has 0 saturated heterocycles. The van der Waals surface area contributed by atoms with Crippen LogP contribution in [0.25, 0.3) is 10.9 Å². The first-order valence-corrected chi connectivity index (χ1v) is 7.78. The number of nitrogens with zero attached hydrogens (tertiary/aromatic N) is 1. The van der Waals surface area contributed by atoms with Crippen molar-refractivity contribution in [3.63, 3.8) is 0 Å². The second-order valence-corrected chi connectivity index (χ2v) is 5.49. The molecule has 0 fully saturated rings. The van der Waals surface area contributed by atoms with Crippen LogP contribution in [0.15, 0.2) is 84.5 Å². The van der Waals surface area contributed by atoms with Gasteiger partial charge in [0.25, 0.3) is 0 Å². The first-order chi connectivity index (χ1) is 11.3. The van der Waals surface area contributed by atoms with E-state index in [0.29, 0.717) is 0 Å². The van der Waals surface area contributed by atoms with Crippen molar-refractivity contribution in [1.82, 2.24) is 4.98 Å². The second-order valence-electron chi connectivity index (χ2n) is 5.49. The Morgan fingerprint density at radius 2 is 1.58 bits per heavy atom. The molecule has 4 rings (SSSR count). The van der Waals surface area contributed by atoms with Gasteiger partial charge in [-0.05, 0) is 11.5 Å². The maximum absolute atomic E-state index is 4.26. The third-order valence-electron chi connectivity index (χ3n) is 3.68. The van der Waals surface area contributed by atoms with Crippen LogP contribution in [0.3, 0.4) is 0 Å². The molecule has 1 nitrogen and oxygen atoms in total. The number of allylic oxidation sites excluding steroid dienone is 4. The maximum Gasteiger partial charge on any atom is 2.00 e. The molecule has 0 bridgehead atoms. The molecule has 2 aromatic carbocycles. The molecule has 0 amide bonds. The Morgan fingerprint density at radius 1 is 0.885 bits per heavy atom. The van der Waals surface area contributed by atoms with E-state index in [9.17, 15) is 0 Å². The Hall–Kier alpha value is -1.69. The van der Waals surface area contributed by atoms with Crippen LogP contribution in [-0.4, -0.2) is 4.98 Å². The number of fused-ring (bicyclic) bond motifs is 1. The molecule has 1 aliphatic rings. The van der Waals surface area contributed by atoms with Gasteiger partial charge < -0.3 is 0 Å². The number of pyridine rings is 1. The second kappa shape index (κ2) is 12.6. The standard InChI is InChI=1S/C12H11.C10H8N.2ClH.Cr/c1-2-6-11(7-3-1)10-12-8-4-5-9-12;1-8-6-7-9-4-2-3-5-10(9)11-8;;;/h1-3,6-9H,4,10H2;2-7H,1H2;2*1H;/q2*-1;;;+2. The molecule has 1 aromatic heterocycles. The maximum atomic E-state index is 4.26. The zero-order chi connectivity index (χ0) is 15.9. The molecule has 0 atom stereocenters. The molecule has 1 aliphatic carbocycles. The van der Waals surface area contributed by atoms with Crippen LogP contribution in [0, 0.1) is 13.0 Å². The average Bonchev–Trinajstić information content (AvgIpc) is 3.09. The number of hydrogen-bond acceptors (Lipinski definition) is 1. The van der Waals surface area contributed by atoms with Gasteiger partial charge in [0.15, 0.2) is 0 Å². The van der Waals surface area contributed by atoms with Crippen LogP contribution in [0.5, 0.6) is 0 Å². The summed E-state index contributed by atoms with van der Waals surface area (Å²) in [5.41, 5.74) is 4.61. The summed E-state index contributed by atoms with van der Waals surface area (Å²) in [5.74, 6) is 0. The van der Waals surface area contributed by atoms with Crippen molar-refractivity contribution in [2.24, 2.45) is 0 Å². The summed E-state index contributed by atoms with van der Waals surface area (Å²) in [6, 6.07) is 22.5. The molecular formula is C22H21Cl2CrN. The SMILES string of the molecule is Cl.Cl.[C-]1=CC(Cc2ccccc2)=CC1.[CH2-]c1ccc2ccccc2n1.[Cr+2]. The van der Waals surface area contributed by atoms with E-state index in [1.807, 2.05) is 36.4 Å². The normalized spacial score (nSPS) is 11.2. The number of benzene rings is 2. The molecule has 0 saturated carbocycles. The molecule has 3 aromatic rings. The van der Waals surface area contributed by atoms with E-state index in [-0.39, 0.29) is 42.2 Å². The summed E-state index contributed by atoms with van der Waals surface area (Å²) < 4.78 is 0. The van der Waals surface area contributed by atoms with Gasteiger partial charge in [-0.25, -0.2) is 13.0 Å². The average molecular weight is 422 g/mol. The molecule has 0 radical (unpaired) electrons. The summed E-state index contributed by atoms with van der Waals surface area (Å²) in [5, 5.41) is 1.17. The largest absolute Gasteiger partial charge is 2.00 e. The van der Waals surface area contributed by atoms with Gasteiger partial charge in [-0.1, -0.05) is 60.5 Å². The van der Waals surface area contributed by atoms with E-state index >= 15 is 0 Å². The molecule has 26 heavy (non-hydrogen) atoms. The van der Waals surface area contributed by atoms with Crippen molar-refractivity contribution in [3.8, 4) is 0 Å². The van der Waals surface area contributed by atoms with Gasteiger partial charge in [-0.15, -0.1) is 43.0 Å². The third-order valence-corrected chi connectivity index (χ3v) is 3.68. The van der Waals surface area contributed by atoms with Crippen LogP contribution in [0.1, 0.15) is 17.7 Å². The predicted octanol–water partition coefficient (Wildman–Crippen LogP) is 6.18. The Labute approximate surface area is 179 Å². The van der Waals surface area contributed by atoms with Gasteiger partial charge in [0.1, 0.15) is 0 Å². The Kier molecular flexibility index (Phi) is 11.8. The van der Waals surface area contributed by atoms with E-state index in [4.69, 9.17) is 0 Å². The first kappa shape index (κ1) is 24.3. The molecule has 0 aliphatic heterocycles. The zero-order valence-corrected chi connectivity index (χ0v) is 17.2. The molecule has 0 N–H and O–H groups in total. The van der Waals surface area contributed by atoms with Gasteiger partial charge in [0, 0.05) is 0 Å². The summed E-state index contributed by atoms with van der Waals surface area (Å²) in [6.45, 7) is 3.76. The van der Waals surface area contributed by atoms with Crippen LogP contribution in [-0.2, 0) is 23.8 Å². The van der Waals surface area contributed by atoms with E-state index in [1.165, 1.54) is 16.5 Å². The minimum atomic E-state index is 0. The zero-order valence-electron chi connectivity index (χ0n) is 14.3. The minimum absolute atomic E-state index is 0. The van der Waals surface area contributed by atoms with Crippen molar-refractivity contribution in [1.29, 1.82) is 0 Å². The number of halogens is 2. The Morgan fingerprint density at radius 3 is 2.27 bits per heavy atom. The van der Waals surface area contributed by atoms with Gasteiger partial charge >= 0.3 is 17.4 Å². The number of para-hydroxylation sites is 1. The van der Waals surface area contributed by atoms with E-state index in [1.54, 1.807) is 0 Å². The summed E-state index contributed by atoms with van der Waals surface area (Å²) in [4.78, 5) is 4.26. The first-order valence-electron chi connectivity index (χ1n) is 7.78. The van der Waals surface area contributed by atoms with Crippen molar-refractivity contribution < 1.29 is 17.4 Å². The van der Waals surface area contributed by atoms with Gasteiger partial charge in [0.05, 0.1) is 5.52 Å².